The summed E-state index contributed by atoms with van der Waals surface area (Å²) in [7, 11) is 0. The van der Waals surface area contributed by atoms with Crippen molar-refractivity contribution in [2.45, 2.75) is 118 Å². The normalized spacial score (nSPS) is 17.2. The Bertz CT molecular complexity index is 522. The first-order chi connectivity index (χ1) is 15.6. The van der Waals surface area contributed by atoms with Crippen molar-refractivity contribution in [3.63, 3.8) is 0 Å². The van der Waals surface area contributed by atoms with Crippen molar-refractivity contribution in [1.82, 2.24) is 0 Å². The van der Waals surface area contributed by atoms with Crippen molar-refractivity contribution in [1.29, 1.82) is 0 Å². The van der Waals surface area contributed by atoms with Gasteiger partial charge in [-0.1, -0.05) is 0 Å². The van der Waals surface area contributed by atoms with Gasteiger partial charge in [-0.05, 0) is 0 Å². The van der Waals surface area contributed by atoms with E-state index in [1.807, 2.05) is 13.0 Å². The summed E-state index contributed by atoms with van der Waals surface area (Å²) in [6.45, 7) is 10.6. The van der Waals surface area contributed by atoms with Gasteiger partial charge in [-0.3, -0.25) is 0 Å². The SMILES string of the molecule is CCC[CH2][Sn]([CH2]CCC)([CH2]CCC)[C](=[C-]COC1CCCCO1)CC/C=C/C(=O)OCC.[Li+]. The minimum Gasteiger partial charge on any atom is 1.00 e. The molecule has 0 radical (unpaired) electrons. The van der Waals surface area contributed by atoms with Crippen LogP contribution in [0.5, 0.6) is 0 Å². The monoisotopic (exact) mass is 564 g/mol. The predicted molar refractivity (Wildman–Crippen MR) is 136 cm³/mol. The van der Waals surface area contributed by atoms with Crippen LogP contribution in [0.4, 0.5) is 0 Å². The first-order valence-electron chi connectivity index (χ1n) is 13.3. The van der Waals surface area contributed by atoms with Crippen molar-refractivity contribution in [2.75, 3.05) is 19.8 Å². The van der Waals surface area contributed by atoms with E-state index >= 15 is 0 Å². The zero-order valence-electron chi connectivity index (χ0n) is 22.4. The fourth-order valence-electron chi connectivity index (χ4n) is 4.58. The van der Waals surface area contributed by atoms with Gasteiger partial charge < -0.3 is 0 Å². The summed E-state index contributed by atoms with van der Waals surface area (Å²) in [5.41, 5.74) is 0. The Labute approximate surface area is 220 Å². The third kappa shape index (κ3) is 14.4. The van der Waals surface area contributed by atoms with E-state index in [0.717, 1.165) is 32.3 Å². The van der Waals surface area contributed by atoms with Crippen LogP contribution in [0.1, 0.15) is 98.3 Å². The number of rotatable bonds is 18. The maximum atomic E-state index is 11.7. The smallest absolute Gasteiger partial charge is 1.00 e. The molecule has 186 valence electrons. The van der Waals surface area contributed by atoms with Crippen LogP contribution in [0.15, 0.2) is 15.7 Å². The summed E-state index contributed by atoms with van der Waals surface area (Å²) < 4.78 is 22.8. The van der Waals surface area contributed by atoms with Gasteiger partial charge in [0.1, 0.15) is 0 Å². The summed E-state index contributed by atoms with van der Waals surface area (Å²) in [5.74, 6) is -0.238. The Morgan fingerprint density at radius 3 is 2.18 bits per heavy atom. The van der Waals surface area contributed by atoms with E-state index in [0.29, 0.717) is 13.2 Å². The molecule has 0 aliphatic carbocycles. The Hall–Kier alpha value is 0.266. The standard InChI is InChI=1S/C15H22O4.3C4H9.Li.Sn/c1-2-17-14(16)10-6-4-3-5-8-12-18-15-11-7-9-13-19-15;3*1-3-4-2;;/h6,10,15H,2-4,7,9,11-13H2,1H3;3*1,3-4H2,2H3;;/q-1;;;;+1;/b10-6+;;;;;. The van der Waals surface area contributed by atoms with Crippen LogP contribution in [-0.2, 0) is 19.0 Å². The number of hydrogen-bond acceptors (Lipinski definition) is 4. The number of unbranched alkanes of at least 4 members (excludes halogenated alkanes) is 3. The first-order valence-corrected chi connectivity index (χ1v) is 20.8. The molecular weight excluding hydrogens is 514 g/mol. The molecule has 1 aliphatic rings. The van der Waals surface area contributed by atoms with Gasteiger partial charge in [-0.25, -0.2) is 0 Å². The predicted octanol–water partition coefficient (Wildman–Crippen LogP) is 4.55. The maximum Gasteiger partial charge on any atom is 1.00 e. The Morgan fingerprint density at radius 2 is 1.67 bits per heavy atom. The number of carbonyl (C=O) groups excluding carboxylic acids is 1. The minimum atomic E-state index is -2.57. The summed E-state index contributed by atoms with van der Waals surface area (Å²) in [4.78, 5) is 11.7. The molecule has 1 saturated heterocycles. The average molecular weight is 563 g/mol. The van der Waals surface area contributed by atoms with Gasteiger partial charge in [0, 0.05) is 0 Å². The average Bonchev–Trinajstić information content (AvgIpc) is 2.81. The molecule has 1 atom stereocenters. The van der Waals surface area contributed by atoms with Crippen molar-refractivity contribution >= 4 is 24.3 Å². The second-order valence-electron chi connectivity index (χ2n) is 9.05. The zero-order chi connectivity index (χ0) is 23.5. The summed E-state index contributed by atoms with van der Waals surface area (Å²) >= 11 is -2.57. The van der Waals surface area contributed by atoms with Gasteiger partial charge in [-0.2, -0.15) is 0 Å². The van der Waals surface area contributed by atoms with Crippen LogP contribution in [0.3, 0.4) is 0 Å². The van der Waals surface area contributed by atoms with Gasteiger partial charge in [0.2, 0.25) is 0 Å². The Kier molecular flexibility index (Phi) is 21.7. The topological polar surface area (TPSA) is 44.8 Å². The molecule has 0 aromatic heterocycles. The number of esters is 1. The number of carbonyl (C=O) groups is 1. The quantitative estimate of drug-likeness (QED) is 0.106. The Morgan fingerprint density at radius 1 is 1.03 bits per heavy atom. The molecule has 0 aromatic rings. The third-order valence-corrected chi connectivity index (χ3v) is 22.6. The van der Waals surface area contributed by atoms with Crippen LogP contribution >= 0.6 is 0 Å². The molecule has 1 rings (SSSR count). The van der Waals surface area contributed by atoms with Gasteiger partial charge in [0.05, 0.1) is 0 Å². The summed E-state index contributed by atoms with van der Waals surface area (Å²) in [6.07, 6.45) is 20.3. The van der Waals surface area contributed by atoms with Gasteiger partial charge in [0.15, 0.2) is 0 Å². The summed E-state index contributed by atoms with van der Waals surface area (Å²) in [6, 6.07) is 0. The molecule has 6 heteroatoms. The van der Waals surface area contributed by atoms with Crippen LogP contribution in [0, 0.1) is 6.08 Å². The van der Waals surface area contributed by atoms with Crippen molar-refractivity contribution < 1.29 is 37.9 Å². The van der Waals surface area contributed by atoms with Gasteiger partial charge in [-0.15, -0.1) is 0 Å². The molecule has 0 bridgehead atoms. The van der Waals surface area contributed by atoms with E-state index in [4.69, 9.17) is 14.2 Å². The summed E-state index contributed by atoms with van der Waals surface area (Å²) in [5, 5.41) is 0. The molecule has 1 heterocycles. The van der Waals surface area contributed by atoms with E-state index in [1.54, 1.807) is 9.67 Å². The van der Waals surface area contributed by atoms with Crippen molar-refractivity contribution in [3.05, 3.63) is 21.8 Å². The van der Waals surface area contributed by atoms with Gasteiger partial charge >= 0.3 is 222 Å². The fraction of sp³-hybridized carbons (Fsp3) is 0.815. The fourth-order valence-corrected chi connectivity index (χ4v) is 21.3. The zero-order valence-corrected chi connectivity index (χ0v) is 25.2. The van der Waals surface area contributed by atoms with Crippen molar-refractivity contribution in [3.8, 4) is 0 Å². The van der Waals surface area contributed by atoms with E-state index in [2.05, 4.69) is 26.8 Å². The van der Waals surface area contributed by atoms with E-state index in [-0.39, 0.29) is 31.1 Å². The molecule has 0 spiro atoms. The van der Waals surface area contributed by atoms with E-state index in [9.17, 15) is 4.79 Å². The molecule has 1 fully saturated rings. The van der Waals surface area contributed by atoms with Crippen LogP contribution in [0.25, 0.3) is 0 Å². The van der Waals surface area contributed by atoms with E-state index in [1.165, 1.54) is 58.3 Å². The number of ether oxygens (including phenoxy) is 3. The molecule has 0 aromatic carbocycles. The molecule has 33 heavy (non-hydrogen) atoms. The largest absolute Gasteiger partial charge is 1.00 e. The molecule has 0 amide bonds. The minimum absolute atomic E-state index is 0. The van der Waals surface area contributed by atoms with Crippen molar-refractivity contribution in [2.24, 2.45) is 0 Å². The molecule has 0 saturated carbocycles. The van der Waals surface area contributed by atoms with Crippen LogP contribution in [-0.4, -0.2) is 50.5 Å². The maximum absolute atomic E-state index is 11.7. The van der Waals surface area contributed by atoms with Crippen LogP contribution in [0.2, 0.25) is 13.3 Å². The second-order valence-corrected chi connectivity index (χ2v) is 22.4. The number of hydrogen-bond donors (Lipinski definition) is 0. The van der Waals surface area contributed by atoms with Gasteiger partial charge in [0.25, 0.3) is 0 Å². The molecule has 0 N–H and O–H groups in total. The number of allylic oxidation sites excluding steroid dienone is 2. The molecule has 1 aliphatic heterocycles. The molecule has 1 unspecified atom stereocenters. The third-order valence-electron chi connectivity index (χ3n) is 6.46. The second kappa shape index (κ2) is 21.5. The Balaban J connectivity index is 0.0000102. The molecular formula is C27H49LiO4Sn. The molecule has 4 nitrogen and oxygen atoms in total. The van der Waals surface area contributed by atoms with E-state index < -0.39 is 18.4 Å². The van der Waals surface area contributed by atoms with Crippen LogP contribution < -0.4 is 18.9 Å². The first kappa shape index (κ1) is 33.3.